The number of nitrogens with zero attached hydrogens (tertiary/aromatic N) is 5. The maximum atomic E-state index is 13.6. The fraction of sp³-hybridized carbons (Fsp3) is 0.344. The summed E-state index contributed by atoms with van der Waals surface area (Å²) in [5.41, 5.74) is 14.8. The molecule has 45 heavy (non-hydrogen) atoms. The Morgan fingerprint density at radius 1 is 0.822 bits per heavy atom. The van der Waals surface area contributed by atoms with E-state index in [-0.39, 0.29) is 29.2 Å². The van der Waals surface area contributed by atoms with Gasteiger partial charge in [0, 0.05) is 37.2 Å². The van der Waals surface area contributed by atoms with Crippen molar-refractivity contribution in [2.75, 3.05) is 13.1 Å². The maximum absolute atomic E-state index is 13.6. The normalized spacial score (nSPS) is 14.2. The van der Waals surface area contributed by atoms with Gasteiger partial charge in [-0.3, -0.25) is 23.7 Å². The highest BCUT2D eigenvalue weighted by atomic mass is 19.1. The van der Waals surface area contributed by atoms with Crippen LogP contribution in [0.1, 0.15) is 59.3 Å². The van der Waals surface area contributed by atoms with E-state index in [1.165, 1.54) is 24.3 Å². The molecule has 0 aliphatic carbocycles. The summed E-state index contributed by atoms with van der Waals surface area (Å²) in [4.78, 5) is 38.0. The fourth-order valence-electron chi connectivity index (χ4n) is 5.54. The van der Waals surface area contributed by atoms with E-state index in [0.717, 1.165) is 12.2 Å². The summed E-state index contributed by atoms with van der Waals surface area (Å²) in [7, 11) is 0. The van der Waals surface area contributed by atoms with Gasteiger partial charge in [0.25, 0.3) is 11.8 Å². The molecule has 0 unspecified atom stereocenters. The number of nitrogens with one attached hydrogen (secondary N) is 1. The van der Waals surface area contributed by atoms with Gasteiger partial charge in [0.2, 0.25) is 5.91 Å². The Hall–Kier alpha value is -4.91. The standard InChI is InChI=1S/C19H23FN4O2.C13H13FN4O/c1-19(2,3)10-15(25)23-7-8-24-14(11-23)16(18(21)26)17(22-24)12-5-4-6-13(20)9-12;14-9-3-1-2-8(6-9)12-11(13(15)19)10-7-16-4-5-18(10)17-12/h4-6,9H,7-8,10-11H2,1-3H3,(H2,21,26);1-3,6,16H,4-5,7H2,(H2,15,19). The summed E-state index contributed by atoms with van der Waals surface area (Å²) in [6.45, 7) is 9.30. The summed E-state index contributed by atoms with van der Waals surface area (Å²) < 4.78 is 30.4. The average molecular weight is 619 g/mol. The quantitative estimate of drug-likeness (QED) is 0.311. The van der Waals surface area contributed by atoms with Crippen molar-refractivity contribution in [2.45, 2.75) is 53.4 Å². The van der Waals surface area contributed by atoms with Crippen LogP contribution in [0.2, 0.25) is 0 Å². The topological polar surface area (TPSA) is 154 Å². The van der Waals surface area contributed by atoms with Crippen molar-refractivity contribution in [2.24, 2.45) is 16.9 Å². The van der Waals surface area contributed by atoms with Gasteiger partial charge in [-0.25, -0.2) is 8.78 Å². The van der Waals surface area contributed by atoms with Gasteiger partial charge in [-0.05, 0) is 29.7 Å². The molecular weight excluding hydrogens is 582 g/mol. The minimum Gasteiger partial charge on any atom is -0.365 e. The maximum Gasteiger partial charge on any atom is 0.252 e. The van der Waals surface area contributed by atoms with Gasteiger partial charge in [-0.1, -0.05) is 45.0 Å². The first-order chi connectivity index (χ1) is 21.3. The second-order valence-corrected chi connectivity index (χ2v) is 12.3. The van der Waals surface area contributed by atoms with E-state index in [1.54, 1.807) is 38.5 Å². The molecular formula is C32H36F2N8O3. The summed E-state index contributed by atoms with van der Waals surface area (Å²) >= 11 is 0. The van der Waals surface area contributed by atoms with Gasteiger partial charge in [-0.2, -0.15) is 10.2 Å². The lowest BCUT2D eigenvalue weighted by molar-refractivity contribution is -0.134. The molecule has 0 saturated heterocycles. The number of halogens is 2. The molecule has 0 atom stereocenters. The third-order valence-corrected chi connectivity index (χ3v) is 7.55. The highest BCUT2D eigenvalue weighted by Crippen LogP contribution is 2.30. The van der Waals surface area contributed by atoms with Crippen molar-refractivity contribution in [3.05, 3.63) is 82.7 Å². The Balaban J connectivity index is 0.000000186. The van der Waals surface area contributed by atoms with Crippen molar-refractivity contribution in [1.82, 2.24) is 29.8 Å². The van der Waals surface area contributed by atoms with Gasteiger partial charge in [0.15, 0.2) is 0 Å². The largest absolute Gasteiger partial charge is 0.365 e. The molecule has 0 fully saturated rings. The molecule has 4 heterocycles. The Bertz CT molecular complexity index is 1770. The third kappa shape index (κ3) is 6.93. The van der Waals surface area contributed by atoms with E-state index in [1.807, 2.05) is 20.8 Å². The molecule has 2 aliphatic heterocycles. The van der Waals surface area contributed by atoms with Crippen LogP contribution in [0.15, 0.2) is 48.5 Å². The number of carbonyl (C=O) groups excluding carboxylic acids is 3. The molecule has 13 heteroatoms. The monoisotopic (exact) mass is 618 g/mol. The highest BCUT2D eigenvalue weighted by molar-refractivity contribution is 6.01. The molecule has 5 N–H and O–H groups in total. The molecule has 0 radical (unpaired) electrons. The van der Waals surface area contributed by atoms with Gasteiger partial charge in [-0.15, -0.1) is 0 Å². The second kappa shape index (κ2) is 12.6. The zero-order chi connectivity index (χ0) is 32.5. The minimum atomic E-state index is -0.629. The first-order valence-corrected chi connectivity index (χ1v) is 14.6. The predicted molar refractivity (Wildman–Crippen MR) is 163 cm³/mol. The third-order valence-electron chi connectivity index (χ3n) is 7.55. The molecule has 0 bridgehead atoms. The van der Waals surface area contributed by atoms with Crippen LogP contribution in [0, 0.1) is 17.0 Å². The van der Waals surface area contributed by atoms with Crippen molar-refractivity contribution < 1.29 is 23.2 Å². The molecule has 3 amide bonds. The van der Waals surface area contributed by atoms with Crippen LogP contribution in [-0.2, 0) is 31.0 Å². The molecule has 2 aromatic heterocycles. The summed E-state index contributed by atoms with van der Waals surface area (Å²) in [6, 6.07) is 11.9. The van der Waals surface area contributed by atoms with E-state index >= 15 is 0 Å². The Morgan fingerprint density at radius 3 is 1.87 bits per heavy atom. The van der Waals surface area contributed by atoms with Crippen molar-refractivity contribution in [3.63, 3.8) is 0 Å². The number of aromatic nitrogens is 4. The smallest absolute Gasteiger partial charge is 0.252 e. The Morgan fingerprint density at radius 2 is 1.36 bits per heavy atom. The molecule has 6 rings (SSSR count). The summed E-state index contributed by atoms with van der Waals surface area (Å²) in [6.07, 6.45) is 0.420. The average Bonchev–Trinajstić information content (AvgIpc) is 3.56. The van der Waals surface area contributed by atoms with Crippen LogP contribution in [0.5, 0.6) is 0 Å². The SMILES string of the molecule is CC(C)(C)CC(=O)N1CCn2nc(-c3cccc(F)c3)c(C(N)=O)c2C1.NC(=O)c1c(-c2cccc(F)c2)nn2c1CNCC2. The first kappa shape index (κ1) is 31.5. The predicted octanol–water partition coefficient (Wildman–Crippen LogP) is 3.46. The zero-order valence-electron chi connectivity index (χ0n) is 25.4. The molecule has 4 aromatic rings. The van der Waals surface area contributed by atoms with Crippen molar-refractivity contribution in [3.8, 4) is 22.5 Å². The van der Waals surface area contributed by atoms with E-state index < -0.39 is 17.6 Å². The number of benzene rings is 2. The van der Waals surface area contributed by atoms with Crippen molar-refractivity contribution in [1.29, 1.82) is 0 Å². The highest BCUT2D eigenvalue weighted by Gasteiger charge is 2.31. The number of hydrogen-bond acceptors (Lipinski definition) is 6. The van der Waals surface area contributed by atoms with E-state index in [0.29, 0.717) is 66.4 Å². The van der Waals surface area contributed by atoms with Crippen LogP contribution >= 0.6 is 0 Å². The molecule has 0 saturated carbocycles. The van der Waals surface area contributed by atoms with E-state index in [9.17, 15) is 23.2 Å². The molecule has 0 spiro atoms. The number of hydrogen-bond donors (Lipinski definition) is 3. The number of fused-ring (bicyclic) bond motifs is 2. The van der Waals surface area contributed by atoms with Gasteiger partial charge >= 0.3 is 0 Å². The van der Waals surface area contributed by atoms with Crippen molar-refractivity contribution >= 4 is 17.7 Å². The lowest BCUT2D eigenvalue weighted by Gasteiger charge is -2.30. The van der Waals surface area contributed by atoms with Crippen LogP contribution in [0.3, 0.4) is 0 Å². The molecule has 2 aromatic carbocycles. The number of carbonyl (C=O) groups is 3. The van der Waals surface area contributed by atoms with Crippen LogP contribution in [0.25, 0.3) is 22.5 Å². The second-order valence-electron chi connectivity index (χ2n) is 12.3. The van der Waals surface area contributed by atoms with E-state index in [4.69, 9.17) is 11.5 Å². The number of nitrogens with two attached hydrogens (primary N) is 2. The zero-order valence-corrected chi connectivity index (χ0v) is 25.4. The van der Waals surface area contributed by atoms with Crippen LogP contribution < -0.4 is 16.8 Å². The van der Waals surface area contributed by atoms with E-state index in [2.05, 4.69) is 15.5 Å². The van der Waals surface area contributed by atoms with Gasteiger partial charge < -0.3 is 21.7 Å². The molecule has 236 valence electrons. The number of rotatable bonds is 5. The lowest BCUT2D eigenvalue weighted by Crippen LogP contribution is -2.40. The summed E-state index contributed by atoms with van der Waals surface area (Å²) in [5.74, 6) is -1.91. The number of primary amides is 2. The van der Waals surface area contributed by atoms with Crippen LogP contribution in [-0.4, -0.2) is 55.3 Å². The number of amides is 3. The lowest BCUT2D eigenvalue weighted by atomic mass is 9.91. The summed E-state index contributed by atoms with van der Waals surface area (Å²) in [5, 5.41) is 12.0. The Labute approximate surface area is 259 Å². The van der Waals surface area contributed by atoms with Gasteiger partial charge in [0.05, 0.1) is 42.1 Å². The Kier molecular flexibility index (Phi) is 8.82. The minimum absolute atomic E-state index is 0.0349. The molecule has 2 aliphatic rings. The van der Waals surface area contributed by atoms with Gasteiger partial charge in [0.1, 0.15) is 23.0 Å². The molecule has 11 nitrogen and oxygen atoms in total. The first-order valence-electron chi connectivity index (χ1n) is 14.6. The fourth-order valence-corrected chi connectivity index (χ4v) is 5.54. The van der Waals surface area contributed by atoms with Crippen LogP contribution in [0.4, 0.5) is 8.78 Å².